The molecule has 1 heterocycles. The number of carbonyl (C=O) groups is 1. The second kappa shape index (κ2) is 10.5. The second-order valence-corrected chi connectivity index (χ2v) is 5.98. The van der Waals surface area contributed by atoms with Crippen LogP contribution in [0.1, 0.15) is 36.0 Å². The molecular weight excluding hydrogens is 314 g/mol. The van der Waals surface area contributed by atoms with Crippen molar-refractivity contribution in [2.75, 3.05) is 19.7 Å². The zero-order valence-electron chi connectivity index (χ0n) is 14.7. The van der Waals surface area contributed by atoms with Crippen molar-refractivity contribution in [3.63, 3.8) is 0 Å². The molecule has 2 rings (SSSR count). The lowest BCUT2D eigenvalue weighted by molar-refractivity contribution is 0.0492. The van der Waals surface area contributed by atoms with E-state index in [0.29, 0.717) is 17.9 Å². The molecule has 4 heteroatoms. The van der Waals surface area contributed by atoms with Crippen LogP contribution in [0.25, 0.3) is 0 Å². The zero-order chi connectivity index (χ0) is 17.9. The molecule has 0 spiro atoms. The Bertz CT molecular complexity index is 615. The third-order valence-electron chi connectivity index (χ3n) is 4.12. The van der Waals surface area contributed by atoms with E-state index in [1.807, 2.05) is 24.3 Å². The Morgan fingerprint density at radius 2 is 2.00 bits per heavy atom. The van der Waals surface area contributed by atoms with Crippen LogP contribution in [0, 0.1) is 0 Å². The summed E-state index contributed by atoms with van der Waals surface area (Å²) in [5, 5.41) is 3.31. The molecule has 0 unspecified atom stereocenters. The average Bonchev–Trinajstić information content (AvgIpc) is 2.65. The first-order valence-corrected chi connectivity index (χ1v) is 8.82. The third-order valence-corrected chi connectivity index (χ3v) is 4.12. The van der Waals surface area contributed by atoms with Gasteiger partial charge in [0.15, 0.2) is 0 Å². The molecule has 134 valence electrons. The Hall–Kier alpha value is -2.33. The number of nitrogens with one attached hydrogen (secondary N) is 1. The van der Waals surface area contributed by atoms with Crippen molar-refractivity contribution in [2.24, 2.45) is 0 Å². The number of para-hydroxylation sites is 1. The summed E-state index contributed by atoms with van der Waals surface area (Å²) in [6.45, 7) is 9.69. The Morgan fingerprint density at radius 3 is 2.72 bits per heavy atom. The van der Waals surface area contributed by atoms with Crippen LogP contribution in [0.5, 0.6) is 5.75 Å². The first kappa shape index (κ1) is 19.0. The second-order valence-electron chi connectivity index (χ2n) is 5.98. The van der Waals surface area contributed by atoms with E-state index in [1.165, 1.54) is 0 Å². The maximum Gasteiger partial charge on any atom is 0.341 e. The SMILES string of the molecule is C=C/C=C(\C=C)CCCOC(=O)c1ccccc1OC1CCNCC1. The highest BCUT2D eigenvalue weighted by atomic mass is 16.5. The van der Waals surface area contributed by atoms with Crippen LogP contribution in [0.15, 0.2) is 61.2 Å². The van der Waals surface area contributed by atoms with Gasteiger partial charge in [-0.2, -0.15) is 0 Å². The van der Waals surface area contributed by atoms with Crippen molar-refractivity contribution >= 4 is 5.97 Å². The van der Waals surface area contributed by atoms with E-state index in [4.69, 9.17) is 9.47 Å². The summed E-state index contributed by atoms with van der Waals surface area (Å²) in [4.78, 5) is 12.4. The van der Waals surface area contributed by atoms with E-state index >= 15 is 0 Å². The Morgan fingerprint density at radius 1 is 1.24 bits per heavy atom. The van der Waals surface area contributed by atoms with Crippen LogP contribution in [-0.4, -0.2) is 31.8 Å². The zero-order valence-corrected chi connectivity index (χ0v) is 14.7. The molecule has 1 fully saturated rings. The number of carbonyl (C=O) groups excluding carboxylic acids is 1. The van der Waals surface area contributed by atoms with Gasteiger partial charge in [0.25, 0.3) is 0 Å². The van der Waals surface area contributed by atoms with Crippen LogP contribution in [0.3, 0.4) is 0 Å². The quantitative estimate of drug-likeness (QED) is 0.418. The van der Waals surface area contributed by atoms with E-state index in [2.05, 4.69) is 18.5 Å². The summed E-state index contributed by atoms with van der Waals surface area (Å²) in [6.07, 6.45) is 9.03. The first-order chi connectivity index (χ1) is 12.2. The molecule has 25 heavy (non-hydrogen) atoms. The summed E-state index contributed by atoms with van der Waals surface area (Å²) in [5.74, 6) is 0.273. The van der Waals surface area contributed by atoms with Gasteiger partial charge in [-0.15, -0.1) is 0 Å². The highest BCUT2D eigenvalue weighted by Crippen LogP contribution is 2.23. The standard InChI is InChI=1S/C21H27NO3/c1-3-8-17(4-2)9-7-16-24-21(23)19-10-5-6-11-20(19)25-18-12-14-22-15-13-18/h3-6,8,10-11,18,22H,1-2,7,9,12-16H2/b17-8+. The highest BCUT2D eigenvalue weighted by molar-refractivity contribution is 5.92. The molecule has 0 amide bonds. The topological polar surface area (TPSA) is 47.6 Å². The third kappa shape index (κ3) is 6.24. The Labute approximate surface area is 150 Å². The smallest absolute Gasteiger partial charge is 0.341 e. The molecule has 1 N–H and O–H groups in total. The average molecular weight is 341 g/mol. The molecule has 4 nitrogen and oxygen atoms in total. The van der Waals surface area contributed by atoms with Crippen molar-refractivity contribution in [2.45, 2.75) is 31.8 Å². The van der Waals surface area contributed by atoms with Crippen molar-refractivity contribution in [3.8, 4) is 5.75 Å². The van der Waals surface area contributed by atoms with E-state index in [-0.39, 0.29) is 12.1 Å². The van der Waals surface area contributed by atoms with Gasteiger partial charge in [0, 0.05) is 0 Å². The number of rotatable bonds is 9. The number of benzene rings is 1. The summed E-state index contributed by atoms with van der Waals surface area (Å²) in [6, 6.07) is 7.30. The lowest BCUT2D eigenvalue weighted by Gasteiger charge is -2.24. The van der Waals surface area contributed by atoms with Gasteiger partial charge in [0.1, 0.15) is 17.4 Å². The predicted molar refractivity (Wildman–Crippen MR) is 101 cm³/mol. The van der Waals surface area contributed by atoms with Crippen molar-refractivity contribution in [1.29, 1.82) is 0 Å². The van der Waals surface area contributed by atoms with E-state index < -0.39 is 0 Å². The van der Waals surface area contributed by atoms with Gasteiger partial charge >= 0.3 is 5.97 Å². The number of hydrogen-bond donors (Lipinski definition) is 1. The lowest BCUT2D eigenvalue weighted by Crippen LogP contribution is -2.34. The summed E-state index contributed by atoms with van der Waals surface area (Å²) in [7, 11) is 0. The van der Waals surface area contributed by atoms with E-state index in [1.54, 1.807) is 18.2 Å². The fraction of sp³-hybridized carbons (Fsp3) is 0.381. The number of hydrogen-bond acceptors (Lipinski definition) is 4. The molecule has 0 aromatic heterocycles. The lowest BCUT2D eigenvalue weighted by atomic mass is 10.1. The van der Waals surface area contributed by atoms with Crippen LogP contribution in [0.4, 0.5) is 0 Å². The Balaban J connectivity index is 1.87. The maximum atomic E-state index is 12.4. The van der Waals surface area contributed by atoms with E-state index in [9.17, 15) is 4.79 Å². The minimum atomic E-state index is -0.336. The first-order valence-electron chi connectivity index (χ1n) is 8.82. The predicted octanol–water partition coefficient (Wildman–Crippen LogP) is 4.05. The molecule has 1 aromatic carbocycles. The van der Waals surface area contributed by atoms with Crippen LogP contribution in [-0.2, 0) is 4.74 Å². The molecule has 0 saturated carbocycles. The molecule has 0 atom stereocenters. The maximum absolute atomic E-state index is 12.4. The van der Waals surface area contributed by atoms with E-state index in [0.717, 1.165) is 44.3 Å². The number of allylic oxidation sites excluding steroid dienone is 4. The molecule has 1 saturated heterocycles. The van der Waals surface area contributed by atoms with Gasteiger partial charge in [-0.3, -0.25) is 0 Å². The van der Waals surface area contributed by atoms with Crippen molar-refractivity contribution < 1.29 is 14.3 Å². The monoisotopic (exact) mass is 341 g/mol. The van der Waals surface area contributed by atoms with Gasteiger partial charge in [0.05, 0.1) is 6.61 Å². The number of esters is 1. The van der Waals surface area contributed by atoms with Gasteiger partial charge in [-0.25, -0.2) is 4.79 Å². The van der Waals surface area contributed by atoms with Crippen molar-refractivity contribution in [3.05, 3.63) is 66.8 Å². The summed E-state index contributed by atoms with van der Waals surface area (Å²) in [5.41, 5.74) is 1.58. The molecule has 1 aliphatic rings. The van der Waals surface area contributed by atoms with Crippen LogP contribution in [0.2, 0.25) is 0 Å². The molecule has 0 bridgehead atoms. The van der Waals surface area contributed by atoms with Gasteiger partial charge in [-0.05, 0) is 56.5 Å². The molecule has 0 radical (unpaired) electrons. The highest BCUT2D eigenvalue weighted by Gasteiger charge is 2.19. The van der Waals surface area contributed by atoms with Crippen LogP contribution >= 0.6 is 0 Å². The largest absolute Gasteiger partial charge is 0.489 e. The fourth-order valence-electron chi connectivity index (χ4n) is 2.75. The van der Waals surface area contributed by atoms with Gasteiger partial charge < -0.3 is 14.8 Å². The normalized spacial score (nSPS) is 15.4. The van der Waals surface area contributed by atoms with Gasteiger partial charge in [0.2, 0.25) is 0 Å². The summed E-state index contributed by atoms with van der Waals surface area (Å²) < 4.78 is 11.4. The summed E-state index contributed by atoms with van der Waals surface area (Å²) >= 11 is 0. The minimum Gasteiger partial charge on any atom is -0.489 e. The van der Waals surface area contributed by atoms with Gasteiger partial charge in [-0.1, -0.05) is 43.5 Å². The van der Waals surface area contributed by atoms with Crippen LogP contribution < -0.4 is 10.1 Å². The number of ether oxygens (including phenoxy) is 2. The molecular formula is C21H27NO3. The molecule has 1 aromatic rings. The Kier molecular flexibility index (Phi) is 7.99. The minimum absolute atomic E-state index is 0.148. The van der Waals surface area contributed by atoms with Crippen molar-refractivity contribution in [1.82, 2.24) is 5.32 Å². The molecule has 0 aliphatic carbocycles. The molecule has 1 aliphatic heterocycles. The number of piperidine rings is 1. The fourth-order valence-corrected chi connectivity index (χ4v) is 2.75.